The van der Waals surface area contributed by atoms with Gasteiger partial charge in [0.1, 0.15) is 4.90 Å². The minimum atomic E-state index is -3.44. The molecule has 1 aromatic rings. The predicted molar refractivity (Wildman–Crippen MR) is 83.4 cm³/mol. The number of aryl methyl sites for hydroxylation is 1. The molecule has 0 aromatic carbocycles. The van der Waals surface area contributed by atoms with Crippen molar-refractivity contribution in [3.63, 3.8) is 0 Å². The van der Waals surface area contributed by atoms with Crippen LogP contribution < -0.4 is 10.5 Å². The third-order valence-electron chi connectivity index (χ3n) is 3.87. The largest absolute Gasteiger partial charge is 0.326 e. The second-order valence-electron chi connectivity index (χ2n) is 5.54. The number of hydrogen-bond donors (Lipinski definition) is 2. The lowest BCUT2D eigenvalue weighted by Gasteiger charge is -2.21. The number of nitrogens with two attached hydrogens (primary N) is 1. The fourth-order valence-electron chi connectivity index (χ4n) is 2.84. The van der Waals surface area contributed by atoms with Crippen LogP contribution in [0, 0.1) is 6.92 Å². The first-order valence-corrected chi connectivity index (χ1v) is 9.70. The maximum Gasteiger partial charge on any atom is 0.242 e. The number of hydrogen-bond acceptors (Lipinski definition) is 4. The Hall–Kier alpha value is -0.430. The molecule has 114 valence electrons. The summed E-state index contributed by atoms with van der Waals surface area (Å²) in [6.07, 6.45) is 7.81. The highest BCUT2D eigenvalue weighted by atomic mass is 32.2. The molecule has 6 heteroatoms. The topological polar surface area (TPSA) is 72.2 Å². The van der Waals surface area contributed by atoms with Crippen LogP contribution in [0.4, 0.5) is 0 Å². The van der Waals surface area contributed by atoms with Gasteiger partial charge in [-0.25, -0.2) is 13.1 Å². The summed E-state index contributed by atoms with van der Waals surface area (Å²) in [5, 5.41) is 1.87. The van der Waals surface area contributed by atoms with E-state index in [9.17, 15) is 8.42 Å². The molecule has 1 heterocycles. The lowest BCUT2D eigenvalue weighted by atomic mass is 9.97. The van der Waals surface area contributed by atoms with Crippen LogP contribution in [0.3, 0.4) is 0 Å². The summed E-state index contributed by atoms with van der Waals surface area (Å²) in [7, 11) is -3.44. The maximum absolute atomic E-state index is 12.6. The highest BCUT2D eigenvalue weighted by Crippen LogP contribution is 2.27. The summed E-state index contributed by atoms with van der Waals surface area (Å²) in [5.41, 5.74) is 6.46. The first-order chi connectivity index (χ1) is 9.54. The number of sulfonamides is 1. The van der Waals surface area contributed by atoms with Gasteiger partial charge in [-0.1, -0.05) is 32.1 Å². The molecule has 0 unspecified atom stereocenters. The van der Waals surface area contributed by atoms with Gasteiger partial charge in [0.15, 0.2) is 0 Å². The van der Waals surface area contributed by atoms with E-state index in [-0.39, 0.29) is 12.6 Å². The van der Waals surface area contributed by atoms with Crippen LogP contribution in [0.2, 0.25) is 0 Å². The lowest BCUT2D eigenvalue weighted by Crippen LogP contribution is -2.35. The first kappa shape index (κ1) is 15.9. The first-order valence-electron chi connectivity index (χ1n) is 7.34. The molecule has 1 saturated carbocycles. The number of thiophene rings is 1. The molecule has 0 spiro atoms. The Bertz CT molecular complexity index is 529. The minimum absolute atomic E-state index is 0.0743. The van der Waals surface area contributed by atoms with Crippen LogP contribution in [0.1, 0.15) is 55.4 Å². The average molecular weight is 316 g/mol. The third kappa shape index (κ3) is 3.81. The molecule has 0 amide bonds. The van der Waals surface area contributed by atoms with Crippen LogP contribution in [-0.2, 0) is 16.6 Å². The molecule has 2 rings (SSSR count). The quantitative estimate of drug-likeness (QED) is 0.897. The van der Waals surface area contributed by atoms with Crippen LogP contribution in [-0.4, -0.2) is 14.5 Å². The summed E-state index contributed by atoms with van der Waals surface area (Å²) >= 11 is 1.43. The van der Waals surface area contributed by atoms with E-state index in [1.54, 1.807) is 0 Å². The zero-order chi connectivity index (χ0) is 14.6. The molecule has 1 aliphatic rings. The van der Waals surface area contributed by atoms with Crippen molar-refractivity contribution in [2.24, 2.45) is 5.73 Å². The van der Waals surface area contributed by atoms with Gasteiger partial charge >= 0.3 is 0 Å². The van der Waals surface area contributed by atoms with Gasteiger partial charge in [0.05, 0.1) is 0 Å². The van der Waals surface area contributed by atoms with E-state index in [0.717, 1.165) is 36.1 Å². The normalized spacial score (nSPS) is 18.7. The predicted octanol–water partition coefficient (Wildman–Crippen LogP) is 2.91. The number of rotatable bonds is 4. The van der Waals surface area contributed by atoms with Crippen LogP contribution in [0.15, 0.2) is 10.3 Å². The molecule has 4 nitrogen and oxygen atoms in total. The van der Waals surface area contributed by atoms with Gasteiger partial charge in [0.25, 0.3) is 0 Å². The molecule has 0 saturated heterocycles. The van der Waals surface area contributed by atoms with E-state index >= 15 is 0 Å². The molecule has 1 aliphatic carbocycles. The SMILES string of the molecule is Cc1csc(CN)c1S(=O)(=O)NC1CCCCCCC1. The van der Waals surface area contributed by atoms with E-state index in [2.05, 4.69) is 4.72 Å². The molecule has 0 bridgehead atoms. The van der Waals surface area contributed by atoms with Gasteiger partial charge in [-0.05, 0) is 30.7 Å². The van der Waals surface area contributed by atoms with Crippen molar-refractivity contribution >= 4 is 21.4 Å². The zero-order valence-electron chi connectivity index (χ0n) is 12.0. The molecular formula is C14H24N2O2S2. The summed E-state index contributed by atoms with van der Waals surface area (Å²) in [5.74, 6) is 0. The Morgan fingerprint density at radius 3 is 2.45 bits per heavy atom. The molecule has 0 radical (unpaired) electrons. The smallest absolute Gasteiger partial charge is 0.242 e. The fourth-order valence-corrected chi connectivity index (χ4v) is 5.85. The minimum Gasteiger partial charge on any atom is -0.326 e. The lowest BCUT2D eigenvalue weighted by molar-refractivity contribution is 0.426. The van der Waals surface area contributed by atoms with E-state index in [1.807, 2.05) is 12.3 Å². The molecule has 1 fully saturated rings. The Morgan fingerprint density at radius 1 is 1.25 bits per heavy atom. The third-order valence-corrected chi connectivity index (χ3v) is 6.88. The molecular weight excluding hydrogens is 292 g/mol. The summed E-state index contributed by atoms with van der Waals surface area (Å²) in [4.78, 5) is 1.16. The molecule has 1 aromatic heterocycles. The van der Waals surface area contributed by atoms with Crippen LogP contribution in [0.25, 0.3) is 0 Å². The van der Waals surface area contributed by atoms with Crippen molar-refractivity contribution in [3.05, 3.63) is 15.8 Å². The summed E-state index contributed by atoms with van der Waals surface area (Å²) < 4.78 is 28.1. The van der Waals surface area contributed by atoms with Crippen molar-refractivity contribution in [1.82, 2.24) is 4.72 Å². The molecule has 0 aliphatic heterocycles. The van der Waals surface area contributed by atoms with Crippen molar-refractivity contribution in [2.75, 3.05) is 0 Å². The zero-order valence-corrected chi connectivity index (χ0v) is 13.7. The second kappa shape index (κ2) is 7.02. The highest BCUT2D eigenvalue weighted by molar-refractivity contribution is 7.89. The van der Waals surface area contributed by atoms with E-state index in [4.69, 9.17) is 5.73 Å². The average Bonchev–Trinajstić information content (AvgIpc) is 2.74. The Kier molecular flexibility index (Phi) is 5.60. The molecule has 3 N–H and O–H groups in total. The van der Waals surface area contributed by atoms with Crippen LogP contribution in [0.5, 0.6) is 0 Å². The summed E-state index contributed by atoms with van der Waals surface area (Å²) in [6, 6.07) is 0.0743. The Balaban J connectivity index is 2.15. The van der Waals surface area contributed by atoms with Crippen molar-refractivity contribution < 1.29 is 8.42 Å². The van der Waals surface area contributed by atoms with Crippen molar-refractivity contribution in [1.29, 1.82) is 0 Å². The van der Waals surface area contributed by atoms with E-state index < -0.39 is 10.0 Å². The summed E-state index contributed by atoms with van der Waals surface area (Å²) in [6.45, 7) is 2.11. The molecule has 20 heavy (non-hydrogen) atoms. The van der Waals surface area contributed by atoms with E-state index in [1.165, 1.54) is 30.6 Å². The standard InChI is InChI=1S/C14H24N2O2S2/c1-11-10-19-13(9-15)14(11)20(17,18)16-12-7-5-3-2-4-6-8-12/h10,12,16H,2-9,15H2,1H3. The fraction of sp³-hybridized carbons (Fsp3) is 0.714. The van der Waals surface area contributed by atoms with Gasteiger partial charge < -0.3 is 5.73 Å². The van der Waals surface area contributed by atoms with Gasteiger partial charge in [-0.3, -0.25) is 0 Å². The van der Waals surface area contributed by atoms with Gasteiger partial charge in [0, 0.05) is 17.5 Å². The monoisotopic (exact) mass is 316 g/mol. The second-order valence-corrected chi connectivity index (χ2v) is 8.15. The maximum atomic E-state index is 12.6. The van der Waals surface area contributed by atoms with Gasteiger partial charge in [-0.2, -0.15) is 0 Å². The Morgan fingerprint density at radius 2 is 1.85 bits per heavy atom. The highest BCUT2D eigenvalue weighted by Gasteiger charge is 2.25. The van der Waals surface area contributed by atoms with Crippen molar-refractivity contribution in [3.8, 4) is 0 Å². The van der Waals surface area contributed by atoms with Crippen LogP contribution >= 0.6 is 11.3 Å². The van der Waals surface area contributed by atoms with E-state index in [0.29, 0.717) is 4.90 Å². The number of nitrogens with one attached hydrogen (secondary N) is 1. The Labute approximate surface area is 125 Å². The molecule has 0 atom stereocenters. The van der Waals surface area contributed by atoms with Crippen molar-refractivity contribution in [2.45, 2.75) is 69.4 Å². The van der Waals surface area contributed by atoms with Gasteiger partial charge in [0.2, 0.25) is 10.0 Å². The van der Waals surface area contributed by atoms with Gasteiger partial charge in [-0.15, -0.1) is 11.3 Å².